The van der Waals surface area contributed by atoms with Gasteiger partial charge in [0.15, 0.2) is 23.0 Å². The summed E-state index contributed by atoms with van der Waals surface area (Å²) in [5, 5.41) is 10.3. The Hall–Kier alpha value is -2.58. The van der Waals surface area contributed by atoms with Crippen LogP contribution in [0, 0.1) is 0 Å². The molecule has 1 saturated heterocycles. The number of fused-ring (bicyclic) bond motifs is 1. The summed E-state index contributed by atoms with van der Waals surface area (Å²) in [6.07, 6.45) is 0. The molecule has 0 radical (unpaired) electrons. The van der Waals surface area contributed by atoms with Crippen LogP contribution in [0.25, 0.3) is 0 Å². The van der Waals surface area contributed by atoms with Gasteiger partial charge in [-0.3, -0.25) is 14.5 Å². The molecule has 0 aromatic heterocycles. The van der Waals surface area contributed by atoms with E-state index in [1.165, 1.54) is 6.92 Å². The molecule has 0 spiro atoms. The average molecular weight is 374 g/mol. The molecule has 1 aromatic carbocycles. The van der Waals surface area contributed by atoms with Crippen LogP contribution in [-0.4, -0.2) is 72.8 Å². The van der Waals surface area contributed by atoms with Gasteiger partial charge in [-0.15, -0.1) is 0 Å². The van der Waals surface area contributed by atoms with Crippen LogP contribution in [0.15, 0.2) is 29.5 Å². The van der Waals surface area contributed by atoms with Gasteiger partial charge in [0.05, 0.1) is 24.8 Å². The summed E-state index contributed by atoms with van der Waals surface area (Å²) in [6, 6.07) is 4.69. The Kier molecular flexibility index (Phi) is 4.75. The maximum absolute atomic E-state index is 12.7. The molecule has 144 valence electrons. The number of hydrogen-bond acceptors (Lipinski definition) is 7. The van der Waals surface area contributed by atoms with Crippen molar-refractivity contribution in [3.63, 3.8) is 0 Å². The third-order valence-corrected chi connectivity index (χ3v) is 5.16. The number of morpholine rings is 1. The van der Waals surface area contributed by atoms with Crippen LogP contribution in [-0.2, 0) is 14.3 Å². The van der Waals surface area contributed by atoms with Crippen molar-refractivity contribution >= 4 is 11.7 Å². The molecular weight excluding hydrogens is 352 g/mol. The fraction of sp³-hybridized carbons (Fsp3) is 0.474. The van der Waals surface area contributed by atoms with Crippen molar-refractivity contribution in [1.29, 1.82) is 0 Å². The molecular formula is C19H22N2O6. The van der Waals surface area contributed by atoms with Crippen molar-refractivity contribution in [2.24, 2.45) is 0 Å². The van der Waals surface area contributed by atoms with E-state index in [9.17, 15) is 14.7 Å². The van der Waals surface area contributed by atoms with Crippen LogP contribution in [0.5, 0.6) is 11.5 Å². The molecule has 8 nitrogen and oxygen atoms in total. The second-order valence-electron chi connectivity index (χ2n) is 6.79. The minimum Gasteiger partial charge on any atom is -0.503 e. The summed E-state index contributed by atoms with van der Waals surface area (Å²) in [7, 11) is 0. The Morgan fingerprint density at radius 1 is 1.19 bits per heavy atom. The van der Waals surface area contributed by atoms with Crippen molar-refractivity contribution < 1.29 is 28.9 Å². The molecule has 0 unspecified atom stereocenters. The molecule has 1 aromatic rings. The maximum Gasteiger partial charge on any atom is 0.290 e. The molecule has 4 rings (SSSR count). The number of nitrogens with zero attached hydrogens (tertiary/aromatic N) is 2. The van der Waals surface area contributed by atoms with Crippen molar-refractivity contribution in [3.8, 4) is 11.5 Å². The van der Waals surface area contributed by atoms with Gasteiger partial charge in [-0.05, 0) is 24.6 Å². The quantitative estimate of drug-likeness (QED) is 0.823. The summed E-state index contributed by atoms with van der Waals surface area (Å²) in [5.41, 5.74) is 0.838. The molecule has 1 fully saturated rings. The summed E-state index contributed by atoms with van der Waals surface area (Å²) in [4.78, 5) is 28.6. The monoisotopic (exact) mass is 374 g/mol. The first-order chi connectivity index (χ1) is 13.1. The molecule has 8 heteroatoms. The van der Waals surface area contributed by atoms with Gasteiger partial charge >= 0.3 is 0 Å². The second-order valence-corrected chi connectivity index (χ2v) is 6.79. The highest BCUT2D eigenvalue weighted by atomic mass is 16.7. The summed E-state index contributed by atoms with van der Waals surface area (Å²) < 4.78 is 16.1. The maximum atomic E-state index is 12.7. The van der Waals surface area contributed by atoms with Crippen LogP contribution < -0.4 is 9.47 Å². The number of ketones is 1. The normalized spacial score (nSPS) is 22.6. The number of benzene rings is 1. The third kappa shape index (κ3) is 3.26. The van der Waals surface area contributed by atoms with E-state index < -0.39 is 17.7 Å². The lowest BCUT2D eigenvalue weighted by molar-refractivity contribution is -0.129. The molecule has 0 aliphatic carbocycles. The van der Waals surface area contributed by atoms with Crippen molar-refractivity contribution in [3.05, 3.63) is 35.1 Å². The Bertz CT molecular complexity index is 799. The predicted octanol–water partition coefficient (Wildman–Crippen LogP) is 1.03. The minimum absolute atomic E-state index is 0.126. The molecule has 0 saturated carbocycles. The van der Waals surface area contributed by atoms with Crippen LogP contribution in [0.3, 0.4) is 0 Å². The van der Waals surface area contributed by atoms with Gasteiger partial charge in [-0.2, -0.15) is 0 Å². The molecule has 3 aliphatic rings. The van der Waals surface area contributed by atoms with Gasteiger partial charge in [0.1, 0.15) is 0 Å². The molecule has 0 bridgehead atoms. The number of aliphatic hydroxyl groups excluding tert-OH is 1. The van der Waals surface area contributed by atoms with E-state index in [1.807, 2.05) is 0 Å². The number of carbonyl (C=O) groups excluding carboxylic acids is 2. The third-order valence-electron chi connectivity index (χ3n) is 5.16. The van der Waals surface area contributed by atoms with Gasteiger partial charge in [0.2, 0.25) is 6.79 Å². The van der Waals surface area contributed by atoms with Crippen LogP contribution in [0.1, 0.15) is 18.5 Å². The number of Topliss-reactive ketones (excluding diaryl/α,β-unsaturated/α-hetero) is 1. The van der Waals surface area contributed by atoms with Crippen LogP contribution in [0.2, 0.25) is 0 Å². The van der Waals surface area contributed by atoms with E-state index in [4.69, 9.17) is 14.2 Å². The molecule has 1 atom stereocenters. The molecule has 3 heterocycles. The smallest absolute Gasteiger partial charge is 0.290 e. The van der Waals surface area contributed by atoms with Gasteiger partial charge in [-0.1, -0.05) is 6.07 Å². The number of amides is 1. The lowest BCUT2D eigenvalue weighted by Crippen LogP contribution is -2.43. The highest BCUT2D eigenvalue weighted by Crippen LogP contribution is 2.41. The van der Waals surface area contributed by atoms with Gasteiger partial charge in [0, 0.05) is 26.2 Å². The highest BCUT2D eigenvalue weighted by Gasteiger charge is 2.42. The zero-order chi connectivity index (χ0) is 19.0. The molecule has 27 heavy (non-hydrogen) atoms. The fourth-order valence-corrected chi connectivity index (χ4v) is 3.75. The largest absolute Gasteiger partial charge is 0.503 e. The van der Waals surface area contributed by atoms with E-state index >= 15 is 0 Å². The summed E-state index contributed by atoms with van der Waals surface area (Å²) >= 11 is 0. The average Bonchev–Trinajstić information content (AvgIpc) is 3.23. The Balaban J connectivity index is 1.62. The first-order valence-corrected chi connectivity index (χ1v) is 9.01. The first kappa shape index (κ1) is 17.8. The minimum atomic E-state index is -0.634. The standard InChI is InChI=1S/C19H22N2O6/c1-12(22)16-17(13-2-3-14-15(10-13)27-11-26-14)21(19(24)18(16)23)5-4-20-6-8-25-9-7-20/h2-3,10,17,23H,4-9,11H2,1H3/t17-/m0/s1. The Morgan fingerprint density at radius 3 is 2.67 bits per heavy atom. The first-order valence-electron chi connectivity index (χ1n) is 9.01. The number of rotatable bonds is 5. The fourth-order valence-electron chi connectivity index (χ4n) is 3.75. The lowest BCUT2D eigenvalue weighted by Gasteiger charge is -2.31. The Morgan fingerprint density at radius 2 is 1.93 bits per heavy atom. The van der Waals surface area contributed by atoms with E-state index in [2.05, 4.69) is 4.90 Å². The SMILES string of the molecule is CC(=O)C1=C(O)C(=O)N(CCN2CCOCC2)[C@H]1c1ccc2c(c1)OCO2. The summed E-state index contributed by atoms with van der Waals surface area (Å²) in [5.74, 6) is -0.108. The van der Waals surface area contributed by atoms with E-state index in [0.717, 1.165) is 13.1 Å². The van der Waals surface area contributed by atoms with Crippen molar-refractivity contribution in [1.82, 2.24) is 9.80 Å². The van der Waals surface area contributed by atoms with Crippen molar-refractivity contribution in [2.75, 3.05) is 46.2 Å². The molecule has 3 aliphatic heterocycles. The summed E-state index contributed by atoms with van der Waals surface area (Å²) in [6.45, 7) is 5.50. The molecule has 1 N–H and O–H groups in total. The number of ether oxygens (including phenoxy) is 3. The number of aliphatic hydroxyl groups is 1. The van der Waals surface area contributed by atoms with E-state index in [-0.39, 0.29) is 18.1 Å². The van der Waals surface area contributed by atoms with Gasteiger partial charge < -0.3 is 24.2 Å². The van der Waals surface area contributed by atoms with Gasteiger partial charge in [-0.25, -0.2) is 0 Å². The second kappa shape index (κ2) is 7.21. The Labute approximate surface area is 156 Å². The molecule has 1 amide bonds. The zero-order valence-corrected chi connectivity index (χ0v) is 15.1. The number of carbonyl (C=O) groups is 2. The predicted molar refractivity (Wildman–Crippen MR) is 94.6 cm³/mol. The van der Waals surface area contributed by atoms with Crippen molar-refractivity contribution in [2.45, 2.75) is 13.0 Å². The zero-order valence-electron chi connectivity index (χ0n) is 15.1. The number of hydrogen-bond donors (Lipinski definition) is 1. The van der Waals surface area contributed by atoms with Gasteiger partial charge in [0.25, 0.3) is 5.91 Å². The van der Waals surface area contributed by atoms with Crippen LogP contribution >= 0.6 is 0 Å². The van der Waals surface area contributed by atoms with Crippen LogP contribution in [0.4, 0.5) is 0 Å². The highest BCUT2D eigenvalue weighted by molar-refractivity contribution is 6.08. The van der Waals surface area contributed by atoms with E-state index in [1.54, 1.807) is 23.1 Å². The topological polar surface area (TPSA) is 88.5 Å². The van der Waals surface area contributed by atoms with E-state index in [0.29, 0.717) is 43.4 Å². The lowest BCUT2D eigenvalue weighted by atomic mass is 9.96.